The second-order valence-corrected chi connectivity index (χ2v) is 6.10. The molecule has 1 nitrogen and oxygen atoms in total. The Kier molecular flexibility index (Phi) is 3.24. The molecular weight excluding hydrogens is 283 g/mol. The van der Waals surface area contributed by atoms with Gasteiger partial charge in [-0.15, -0.1) is 11.3 Å². The molecule has 1 aliphatic heterocycles. The molecule has 1 unspecified atom stereocenters. The first-order valence-electron chi connectivity index (χ1n) is 6.53. The molecule has 0 aliphatic carbocycles. The highest BCUT2D eigenvalue weighted by Gasteiger charge is 2.37. The molecule has 5 heteroatoms. The molecule has 0 amide bonds. The van der Waals surface area contributed by atoms with E-state index >= 15 is 0 Å². The fraction of sp³-hybridized carbons (Fsp3) is 0.333. The summed E-state index contributed by atoms with van der Waals surface area (Å²) in [5, 5.41) is 3.05. The van der Waals surface area contributed by atoms with E-state index in [2.05, 4.69) is 18.3 Å². The minimum absolute atomic E-state index is 0.0428. The predicted octanol–water partition coefficient (Wildman–Crippen LogP) is 5.04. The monoisotopic (exact) mass is 297 g/mol. The summed E-state index contributed by atoms with van der Waals surface area (Å²) in [5.74, 6) is 0. The third kappa shape index (κ3) is 2.30. The number of fused-ring (bicyclic) bond motifs is 1. The van der Waals surface area contributed by atoms with Gasteiger partial charge in [0.25, 0.3) is 0 Å². The lowest BCUT2D eigenvalue weighted by Crippen LogP contribution is -2.10. The number of alkyl halides is 3. The Bertz CT molecular complexity index is 630. The van der Waals surface area contributed by atoms with Gasteiger partial charge in [-0.2, -0.15) is 13.2 Å². The number of anilines is 1. The largest absolute Gasteiger partial charge is 0.418 e. The first kappa shape index (κ1) is 13.5. The molecule has 20 heavy (non-hydrogen) atoms. The van der Waals surface area contributed by atoms with Gasteiger partial charge in [-0.25, -0.2) is 0 Å². The fourth-order valence-corrected chi connectivity index (χ4v) is 3.57. The minimum atomic E-state index is -4.31. The highest BCUT2D eigenvalue weighted by molar-refractivity contribution is 7.12. The fourth-order valence-electron chi connectivity index (χ4n) is 2.57. The van der Waals surface area contributed by atoms with Crippen LogP contribution in [-0.4, -0.2) is 0 Å². The number of nitrogens with one attached hydrogen (secondary N) is 1. The van der Waals surface area contributed by atoms with Gasteiger partial charge < -0.3 is 5.32 Å². The molecule has 0 saturated carbocycles. The van der Waals surface area contributed by atoms with Crippen LogP contribution in [0.15, 0.2) is 30.3 Å². The van der Waals surface area contributed by atoms with Gasteiger partial charge in [0, 0.05) is 9.75 Å². The molecule has 0 radical (unpaired) electrons. The van der Waals surface area contributed by atoms with Crippen molar-refractivity contribution in [1.82, 2.24) is 0 Å². The van der Waals surface area contributed by atoms with Crippen molar-refractivity contribution in [3.8, 4) is 0 Å². The van der Waals surface area contributed by atoms with E-state index in [-0.39, 0.29) is 11.7 Å². The lowest BCUT2D eigenvalue weighted by molar-refractivity contribution is -0.136. The Labute approximate surface area is 119 Å². The Hall–Kier alpha value is -1.49. The SMILES string of the molecule is CCc1ccc(C2Cc3cccc(C(F)(F)F)c3N2)s1. The molecule has 0 saturated heterocycles. The lowest BCUT2D eigenvalue weighted by atomic mass is 10.1. The van der Waals surface area contributed by atoms with E-state index in [4.69, 9.17) is 0 Å². The second kappa shape index (κ2) is 4.81. The second-order valence-electron chi connectivity index (χ2n) is 4.90. The van der Waals surface area contributed by atoms with Gasteiger partial charge in [0.05, 0.1) is 17.3 Å². The van der Waals surface area contributed by atoms with Crippen LogP contribution in [0, 0.1) is 0 Å². The zero-order valence-corrected chi connectivity index (χ0v) is 11.7. The molecule has 1 N–H and O–H groups in total. The normalized spacial score (nSPS) is 17.9. The van der Waals surface area contributed by atoms with Crippen molar-refractivity contribution >= 4 is 17.0 Å². The molecule has 2 aromatic rings. The molecule has 1 aromatic carbocycles. The number of rotatable bonds is 2. The summed E-state index contributed by atoms with van der Waals surface area (Å²) in [6.07, 6.45) is -2.74. The smallest absolute Gasteiger partial charge is 0.376 e. The third-order valence-electron chi connectivity index (χ3n) is 3.57. The van der Waals surface area contributed by atoms with Crippen LogP contribution < -0.4 is 5.32 Å². The van der Waals surface area contributed by atoms with Crippen molar-refractivity contribution in [3.05, 3.63) is 51.2 Å². The molecule has 1 aromatic heterocycles. The topological polar surface area (TPSA) is 12.0 Å². The van der Waals surface area contributed by atoms with E-state index in [0.29, 0.717) is 6.42 Å². The summed E-state index contributed by atoms with van der Waals surface area (Å²) in [6.45, 7) is 2.08. The summed E-state index contributed by atoms with van der Waals surface area (Å²) in [6, 6.07) is 8.41. The van der Waals surface area contributed by atoms with Crippen LogP contribution in [0.1, 0.15) is 33.8 Å². The molecule has 1 aliphatic rings. The van der Waals surface area contributed by atoms with Gasteiger partial charge in [-0.3, -0.25) is 0 Å². The molecule has 0 fully saturated rings. The zero-order valence-electron chi connectivity index (χ0n) is 10.9. The number of halogens is 3. The number of para-hydroxylation sites is 1. The van der Waals surface area contributed by atoms with Crippen LogP contribution in [0.2, 0.25) is 0 Å². The van der Waals surface area contributed by atoms with Gasteiger partial charge in [0.2, 0.25) is 0 Å². The maximum atomic E-state index is 13.0. The van der Waals surface area contributed by atoms with Crippen molar-refractivity contribution in [3.63, 3.8) is 0 Å². The number of thiophene rings is 1. The summed E-state index contributed by atoms with van der Waals surface area (Å²) < 4.78 is 39.0. The van der Waals surface area contributed by atoms with Crippen molar-refractivity contribution in [1.29, 1.82) is 0 Å². The first-order valence-corrected chi connectivity index (χ1v) is 7.35. The summed E-state index contributed by atoms with van der Waals surface area (Å²) in [5.41, 5.74) is 0.428. The molecule has 2 heterocycles. The van der Waals surface area contributed by atoms with Gasteiger partial charge >= 0.3 is 6.18 Å². The summed E-state index contributed by atoms with van der Waals surface area (Å²) in [7, 11) is 0. The average Bonchev–Trinajstić information content (AvgIpc) is 3.02. The van der Waals surface area contributed by atoms with Gasteiger partial charge in [0.1, 0.15) is 0 Å². The molecule has 0 spiro atoms. The van der Waals surface area contributed by atoms with Gasteiger partial charge in [-0.05, 0) is 36.6 Å². The number of benzene rings is 1. The van der Waals surface area contributed by atoms with E-state index < -0.39 is 11.7 Å². The van der Waals surface area contributed by atoms with Crippen LogP contribution in [0.3, 0.4) is 0 Å². The van der Waals surface area contributed by atoms with Gasteiger partial charge in [-0.1, -0.05) is 19.1 Å². The molecule has 3 rings (SSSR count). The highest BCUT2D eigenvalue weighted by atomic mass is 32.1. The maximum absolute atomic E-state index is 13.0. The van der Waals surface area contributed by atoms with Crippen LogP contribution in [-0.2, 0) is 19.0 Å². The quantitative estimate of drug-likeness (QED) is 0.819. The van der Waals surface area contributed by atoms with E-state index in [0.717, 1.165) is 22.9 Å². The van der Waals surface area contributed by atoms with E-state index in [9.17, 15) is 13.2 Å². The highest BCUT2D eigenvalue weighted by Crippen LogP contribution is 2.44. The van der Waals surface area contributed by atoms with Crippen LogP contribution in [0.4, 0.5) is 18.9 Å². The number of hydrogen-bond donors (Lipinski definition) is 1. The van der Waals surface area contributed by atoms with Crippen LogP contribution >= 0.6 is 11.3 Å². The average molecular weight is 297 g/mol. The van der Waals surface area contributed by atoms with Crippen LogP contribution in [0.5, 0.6) is 0 Å². The van der Waals surface area contributed by atoms with E-state index in [1.165, 1.54) is 10.9 Å². The van der Waals surface area contributed by atoms with Crippen molar-refractivity contribution in [2.24, 2.45) is 0 Å². The Balaban J connectivity index is 1.92. The van der Waals surface area contributed by atoms with Gasteiger partial charge in [0.15, 0.2) is 0 Å². The van der Waals surface area contributed by atoms with Crippen LogP contribution in [0.25, 0.3) is 0 Å². The Morgan fingerprint density at radius 2 is 2.05 bits per heavy atom. The van der Waals surface area contributed by atoms with E-state index in [1.807, 2.05) is 6.07 Å². The molecule has 106 valence electrons. The van der Waals surface area contributed by atoms with Crippen molar-refractivity contribution in [2.75, 3.05) is 5.32 Å². The third-order valence-corrected chi connectivity index (χ3v) is 4.92. The number of hydrogen-bond acceptors (Lipinski definition) is 2. The van der Waals surface area contributed by atoms with Crippen molar-refractivity contribution in [2.45, 2.75) is 32.0 Å². The molecular formula is C15H14F3NS. The summed E-state index contributed by atoms with van der Waals surface area (Å²) in [4.78, 5) is 2.36. The first-order chi connectivity index (χ1) is 9.49. The maximum Gasteiger partial charge on any atom is 0.418 e. The molecule has 0 bridgehead atoms. The lowest BCUT2D eigenvalue weighted by Gasteiger charge is -2.13. The van der Waals surface area contributed by atoms with Crippen molar-refractivity contribution < 1.29 is 13.2 Å². The Morgan fingerprint density at radius 1 is 1.25 bits per heavy atom. The molecule has 1 atom stereocenters. The zero-order chi connectivity index (χ0) is 14.3. The van der Waals surface area contributed by atoms with E-state index in [1.54, 1.807) is 17.4 Å². The number of aryl methyl sites for hydroxylation is 1. The minimum Gasteiger partial charge on any atom is -0.376 e. The Morgan fingerprint density at radius 3 is 2.70 bits per heavy atom. The predicted molar refractivity (Wildman–Crippen MR) is 75.2 cm³/mol. The summed E-state index contributed by atoms with van der Waals surface area (Å²) >= 11 is 1.67. The standard InChI is InChI=1S/C15H14F3NS/c1-2-10-6-7-13(20-10)12-8-9-4-3-5-11(14(9)19-12)15(16,17)18/h3-7,12,19H,2,8H2,1H3.